The molecule has 3 unspecified atom stereocenters. The van der Waals surface area contributed by atoms with Crippen molar-refractivity contribution in [1.29, 1.82) is 0 Å². The Morgan fingerprint density at radius 1 is 0.585 bits per heavy atom. The molecule has 82 heavy (non-hydrogen) atoms. The highest BCUT2D eigenvalue weighted by atomic mass is 32.2. The summed E-state index contributed by atoms with van der Waals surface area (Å²) in [5.41, 5.74) is 3.41. The first-order valence-corrected chi connectivity index (χ1v) is 28.9. The zero-order chi connectivity index (χ0) is 58.6. The predicted molar refractivity (Wildman–Crippen MR) is 315 cm³/mol. The number of pyridine rings is 6. The molecule has 0 fully saturated rings. The average molecular weight is 1200 g/mol. The maximum Gasteiger partial charge on any atom is 0.188 e. The van der Waals surface area contributed by atoms with E-state index in [-0.39, 0.29) is 32.3 Å². The van der Waals surface area contributed by atoms with Crippen molar-refractivity contribution >= 4 is 78.6 Å². The number of anilines is 6. The number of aliphatic hydroxyl groups excluding tert-OH is 6. The van der Waals surface area contributed by atoms with E-state index in [0.29, 0.717) is 90.2 Å². The SMILES string of the molecule is Cc1cnc(Nc2nc(C(C)(O)CO)cs2)c(Oc2cccnc2C)c1.Cc1ncccc1Oc1cc(OCCO)cnc1Nc1nc(C(C)CO)cs1.Cc1ncccc1Oc1cc(SCCO)cnc1Nc1nc(C(O)CO)cs1. The van der Waals surface area contributed by atoms with E-state index in [2.05, 4.69) is 60.8 Å². The Bertz CT molecular complexity index is 3310. The van der Waals surface area contributed by atoms with Crippen LogP contribution in [0.5, 0.6) is 40.2 Å². The molecule has 0 aliphatic rings. The van der Waals surface area contributed by atoms with Crippen LogP contribution in [0.15, 0.2) is 113 Å². The first kappa shape index (κ1) is 62.1. The van der Waals surface area contributed by atoms with Gasteiger partial charge in [0, 0.05) is 69.8 Å². The first-order chi connectivity index (χ1) is 39.6. The maximum atomic E-state index is 10.1. The fourth-order valence-electron chi connectivity index (χ4n) is 6.70. The molecular formula is C55H62N12O11S4. The summed E-state index contributed by atoms with van der Waals surface area (Å²) in [6.45, 7) is 10.3. The molecule has 9 aromatic rings. The number of thiazole rings is 3. The van der Waals surface area contributed by atoms with E-state index in [9.17, 15) is 20.4 Å². The van der Waals surface area contributed by atoms with Gasteiger partial charge in [-0.2, -0.15) is 0 Å². The minimum absolute atomic E-state index is 0.0347. The molecule has 0 aromatic carbocycles. The molecular weight excluding hydrogens is 1130 g/mol. The molecule has 0 aliphatic heterocycles. The lowest BCUT2D eigenvalue weighted by atomic mass is 10.1. The normalized spacial score (nSPS) is 12.4. The van der Waals surface area contributed by atoms with E-state index in [1.165, 1.54) is 52.7 Å². The quantitative estimate of drug-likeness (QED) is 0.0252. The van der Waals surface area contributed by atoms with E-state index in [1.807, 2.05) is 76.4 Å². The van der Waals surface area contributed by atoms with Gasteiger partial charge in [-0.15, -0.1) is 45.8 Å². The summed E-state index contributed by atoms with van der Waals surface area (Å²) in [4.78, 5) is 39.8. The third-order valence-corrected chi connectivity index (χ3v) is 14.5. The molecule has 0 amide bonds. The monoisotopic (exact) mass is 1190 g/mol. The number of thioether (sulfide) groups is 1. The zero-order valence-electron chi connectivity index (χ0n) is 45.4. The molecule has 10 N–H and O–H groups in total. The van der Waals surface area contributed by atoms with Crippen LogP contribution in [0.1, 0.15) is 65.6 Å². The van der Waals surface area contributed by atoms with Gasteiger partial charge in [0.1, 0.15) is 41.3 Å². The van der Waals surface area contributed by atoms with Crippen LogP contribution in [0.3, 0.4) is 0 Å². The van der Waals surface area contributed by atoms with Crippen LogP contribution in [-0.2, 0) is 5.60 Å². The van der Waals surface area contributed by atoms with Crippen LogP contribution >= 0.6 is 45.8 Å². The lowest BCUT2D eigenvalue weighted by Gasteiger charge is -2.17. The summed E-state index contributed by atoms with van der Waals surface area (Å²) in [6, 6.07) is 16.3. The van der Waals surface area contributed by atoms with Crippen molar-refractivity contribution < 1.29 is 54.7 Å². The third-order valence-electron chi connectivity index (χ3n) is 11.3. The smallest absolute Gasteiger partial charge is 0.188 e. The molecule has 3 atom stereocenters. The summed E-state index contributed by atoms with van der Waals surface area (Å²) in [6.07, 6.45) is 9.03. The van der Waals surface area contributed by atoms with Crippen LogP contribution in [0, 0.1) is 27.7 Å². The maximum absolute atomic E-state index is 10.1. The highest BCUT2D eigenvalue weighted by Gasteiger charge is 2.26. The zero-order valence-corrected chi connectivity index (χ0v) is 48.7. The van der Waals surface area contributed by atoms with Crippen molar-refractivity contribution in [3.8, 4) is 40.2 Å². The Balaban J connectivity index is 0.000000177. The van der Waals surface area contributed by atoms with Gasteiger partial charge in [-0.3, -0.25) is 15.0 Å². The molecule has 0 bridgehead atoms. The van der Waals surface area contributed by atoms with Crippen LogP contribution in [0.25, 0.3) is 0 Å². The minimum atomic E-state index is -1.39. The Labute approximate surface area is 488 Å². The average Bonchev–Trinajstić information content (AvgIpc) is 4.29. The lowest BCUT2D eigenvalue weighted by molar-refractivity contribution is -0.00528. The van der Waals surface area contributed by atoms with Gasteiger partial charge in [-0.1, -0.05) is 6.92 Å². The van der Waals surface area contributed by atoms with Crippen LogP contribution in [-0.4, -0.2) is 126 Å². The van der Waals surface area contributed by atoms with Crippen molar-refractivity contribution in [3.63, 3.8) is 0 Å². The summed E-state index contributed by atoms with van der Waals surface area (Å²) >= 11 is 5.48. The fourth-order valence-corrected chi connectivity index (χ4v) is 9.77. The van der Waals surface area contributed by atoms with Crippen LogP contribution in [0.2, 0.25) is 0 Å². The molecule has 0 radical (unpaired) electrons. The van der Waals surface area contributed by atoms with E-state index in [0.717, 1.165) is 33.2 Å². The summed E-state index contributed by atoms with van der Waals surface area (Å²) in [5, 5.41) is 81.8. The second kappa shape index (κ2) is 30.5. The summed E-state index contributed by atoms with van der Waals surface area (Å²) in [7, 11) is 0. The van der Waals surface area contributed by atoms with Gasteiger partial charge in [0.05, 0.1) is 73.4 Å². The van der Waals surface area contributed by atoms with E-state index >= 15 is 0 Å². The summed E-state index contributed by atoms with van der Waals surface area (Å²) < 4.78 is 23.5. The largest absolute Gasteiger partial charge is 0.489 e. The number of aromatic nitrogens is 9. The number of aliphatic hydroxyl groups is 7. The number of rotatable bonds is 24. The Hall–Kier alpha value is -7.54. The second-order valence-electron chi connectivity index (χ2n) is 17.9. The molecule has 432 valence electrons. The second-order valence-corrected chi connectivity index (χ2v) is 21.6. The van der Waals surface area contributed by atoms with Gasteiger partial charge in [0.25, 0.3) is 0 Å². The van der Waals surface area contributed by atoms with Crippen LogP contribution in [0.4, 0.5) is 32.8 Å². The van der Waals surface area contributed by atoms with Gasteiger partial charge in [0.15, 0.2) is 50.1 Å². The number of ether oxygens (including phenoxy) is 4. The number of nitrogens with one attached hydrogen (secondary N) is 3. The lowest BCUT2D eigenvalue weighted by Crippen LogP contribution is -2.26. The highest BCUT2D eigenvalue weighted by molar-refractivity contribution is 7.99. The predicted octanol–water partition coefficient (Wildman–Crippen LogP) is 9.42. The fraction of sp³-hybridized carbons (Fsp3) is 0.291. The van der Waals surface area contributed by atoms with Gasteiger partial charge >= 0.3 is 0 Å². The van der Waals surface area contributed by atoms with Crippen LogP contribution < -0.4 is 34.9 Å². The van der Waals surface area contributed by atoms with Crippen molar-refractivity contribution in [2.75, 3.05) is 61.3 Å². The highest BCUT2D eigenvalue weighted by Crippen LogP contribution is 2.38. The number of hydrogen-bond donors (Lipinski definition) is 10. The van der Waals surface area contributed by atoms with Gasteiger partial charge in [0.2, 0.25) is 0 Å². The molecule has 23 nitrogen and oxygen atoms in total. The van der Waals surface area contributed by atoms with Crippen molar-refractivity contribution in [2.24, 2.45) is 0 Å². The van der Waals surface area contributed by atoms with Gasteiger partial charge in [-0.25, -0.2) is 29.9 Å². The minimum Gasteiger partial charge on any atom is -0.489 e. The molecule has 9 rings (SSSR count). The van der Waals surface area contributed by atoms with E-state index < -0.39 is 24.9 Å². The third kappa shape index (κ3) is 17.7. The van der Waals surface area contributed by atoms with E-state index in [1.54, 1.807) is 66.1 Å². The molecule has 0 saturated carbocycles. The Morgan fingerprint density at radius 3 is 1.61 bits per heavy atom. The molecule has 9 heterocycles. The number of nitrogens with zero attached hydrogens (tertiary/aromatic N) is 9. The topological polar surface area (TPSA) is 331 Å². The Kier molecular flexibility index (Phi) is 23.1. The number of aryl methyl sites for hydroxylation is 4. The molecule has 27 heteroatoms. The van der Waals surface area contributed by atoms with E-state index in [4.69, 9.17) is 34.3 Å². The van der Waals surface area contributed by atoms with Crippen molar-refractivity contribution in [3.05, 3.63) is 148 Å². The number of hydrogen-bond acceptors (Lipinski definition) is 27. The van der Waals surface area contributed by atoms with Crippen molar-refractivity contribution in [2.45, 2.75) is 64.1 Å². The molecule has 0 aliphatic carbocycles. The molecule has 0 saturated heterocycles. The standard InChI is InChI=1S/C19H22N4O4S.C18H20N4O4S2.C18H20N4O3S/c1-12(10-25)15-11-28-19(22-15)23-18-17(8-14(9-21-18)26-7-6-24)27-16-4-3-5-20-13(16)2;1-11-15(3-2-4-19-11)26-16-7-12(27-6-5-23)8-20-17(16)22-18-21-13(10-28-18)14(25)9-24;1-11-7-14(25-13-5-4-6-19-12(13)2)16(20-8-11)22-17-21-15(9-26-17)18(3,24)10-23/h3-5,8-9,11-12,24-25H,6-7,10H2,1-2H3,(H,21,22,23);2-4,7-8,10,14,23-25H,5-6,9H2,1H3,(H,20,21,22);4-9,23-24H,10H2,1-3H3,(H,20,21,22). The summed E-state index contributed by atoms with van der Waals surface area (Å²) in [5.74, 6) is 5.74. The van der Waals surface area contributed by atoms with Gasteiger partial charge < -0.3 is 70.6 Å². The molecule has 0 spiro atoms. The van der Waals surface area contributed by atoms with Gasteiger partial charge in [-0.05, 0) is 88.7 Å². The Morgan fingerprint density at radius 2 is 1.09 bits per heavy atom. The van der Waals surface area contributed by atoms with Crippen molar-refractivity contribution in [1.82, 2.24) is 44.9 Å². The first-order valence-electron chi connectivity index (χ1n) is 25.2. The molecule has 9 aromatic heterocycles.